The lowest BCUT2D eigenvalue weighted by molar-refractivity contribution is -0.120. The number of carbonyl (C=O) groups excluding carboxylic acids is 2. The summed E-state index contributed by atoms with van der Waals surface area (Å²) in [6, 6.07) is 11.9. The van der Waals surface area contributed by atoms with Gasteiger partial charge in [-0.05, 0) is 54.2 Å². The molecule has 7 heteroatoms. The fraction of sp³-hybridized carbons (Fsp3) is 0.333. The number of halogens is 2. The van der Waals surface area contributed by atoms with Crippen molar-refractivity contribution in [1.29, 1.82) is 0 Å². The molecule has 2 aliphatic rings. The topological polar surface area (TPSA) is 49.9 Å². The molecule has 2 atom stereocenters. The average Bonchev–Trinajstić information content (AvgIpc) is 2.98. The minimum Gasteiger partial charge on any atom is -0.495 e. The van der Waals surface area contributed by atoms with Crippen molar-refractivity contribution in [2.24, 2.45) is 11.8 Å². The van der Waals surface area contributed by atoms with E-state index in [9.17, 15) is 9.59 Å². The molecule has 0 spiro atoms. The quantitative estimate of drug-likeness (QED) is 0.585. The van der Waals surface area contributed by atoms with Crippen molar-refractivity contribution in [2.45, 2.75) is 20.3 Å². The SMILES string of the molecule is COc1ccc(N2C(=O)C(c3ccc(Cl)cc3)=C(N3CC(C)CC(C)C3)C2=O)cc1Cl. The van der Waals surface area contributed by atoms with Crippen LogP contribution in [0.15, 0.2) is 48.2 Å². The highest BCUT2D eigenvalue weighted by atomic mass is 35.5. The number of rotatable bonds is 4. The Morgan fingerprint density at radius 3 is 2.16 bits per heavy atom. The molecule has 0 bridgehead atoms. The Kier molecular flexibility index (Phi) is 6.00. The molecule has 2 amide bonds. The van der Waals surface area contributed by atoms with E-state index in [1.165, 1.54) is 12.0 Å². The number of nitrogens with zero attached hydrogens (tertiary/aromatic N) is 2. The number of ether oxygens (including phenoxy) is 1. The van der Waals surface area contributed by atoms with Gasteiger partial charge in [-0.1, -0.05) is 49.2 Å². The van der Waals surface area contributed by atoms with E-state index in [1.807, 2.05) is 0 Å². The normalized spacial score (nSPS) is 21.8. The van der Waals surface area contributed by atoms with Crippen LogP contribution in [0.5, 0.6) is 5.75 Å². The smallest absolute Gasteiger partial charge is 0.282 e. The highest BCUT2D eigenvalue weighted by Gasteiger charge is 2.43. The van der Waals surface area contributed by atoms with Crippen molar-refractivity contribution < 1.29 is 14.3 Å². The van der Waals surface area contributed by atoms with E-state index in [4.69, 9.17) is 27.9 Å². The maximum absolute atomic E-state index is 13.7. The van der Waals surface area contributed by atoms with E-state index in [1.54, 1.807) is 42.5 Å². The summed E-state index contributed by atoms with van der Waals surface area (Å²) < 4.78 is 5.21. The summed E-state index contributed by atoms with van der Waals surface area (Å²) in [6.45, 7) is 5.81. The van der Waals surface area contributed by atoms with Gasteiger partial charge in [0, 0.05) is 18.1 Å². The van der Waals surface area contributed by atoms with Crippen LogP contribution in [-0.4, -0.2) is 36.9 Å². The number of methoxy groups -OCH3 is 1. The van der Waals surface area contributed by atoms with Gasteiger partial charge >= 0.3 is 0 Å². The first kappa shape index (κ1) is 21.7. The monoisotopic (exact) mass is 458 g/mol. The highest BCUT2D eigenvalue weighted by Crippen LogP contribution is 2.39. The molecule has 2 aliphatic heterocycles. The third-order valence-corrected chi connectivity index (χ3v) is 6.32. The number of benzene rings is 2. The molecular weight excluding hydrogens is 435 g/mol. The minimum atomic E-state index is -0.366. The molecule has 2 aromatic rings. The summed E-state index contributed by atoms with van der Waals surface area (Å²) in [5.41, 5.74) is 1.93. The zero-order chi connectivity index (χ0) is 22.3. The molecule has 0 saturated carbocycles. The number of carbonyl (C=O) groups is 2. The molecule has 1 fully saturated rings. The molecule has 0 aliphatic carbocycles. The molecule has 0 aromatic heterocycles. The molecule has 1 saturated heterocycles. The van der Waals surface area contributed by atoms with Crippen LogP contribution in [0.4, 0.5) is 5.69 Å². The van der Waals surface area contributed by atoms with Gasteiger partial charge in [-0.3, -0.25) is 9.59 Å². The van der Waals surface area contributed by atoms with Gasteiger partial charge in [-0.2, -0.15) is 0 Å². The van der Waals surface area contributed by atoms with E-state index >= 15 is 0 Å². The number of hydrogen-bond donors (Lipinski definition) is 0. The van der Waals surface area contributed by atoms with Crippen molar-refractivity contribution in [2.75, 3.05) is 25.1 Å². The van der Waals surface area contributed by atoms with Crippen LogP contribution in [0.3, 0.4) is 0 Å². The lowest BCUT2D eigenvalue weighted by atomic mass is 9.91. The molecule has 0 radical (unpaired) electrons. The Bertz CT molecular complexity index is 1050. The van der Waals surface area contributed by atoms with E-state index in [-0.39, 0.29) is 11.8 Å². The van der Waals surface area contributed by atoms with E-state index in [2.05, 4.69) is 18.7 Å². The Morgan fingerprint density at radius 2 is 1.58 bits per heavy atom. The number of amides is 2. The summed E-state index contributed by atoms with van der Waals surface area (Å²) in [5.74, 6) is 0.631. The molecule has 162 valence electrons. The van der Waals surface area contributed by atoms with Gasteiger partial charge in [0.15, 0.2) is 0 Å². The second-order valence-electron chi connectivity index (χ2n) is 8.35. The lowest BCUT2D eigenvalue weighted by Gasteiger charge is -2.37. The maximum atomic E-state index is 13.7. The van der Waals surface area contributed by atoms with Crippen LogP contribution in [0.1, 0.15) is 25.8 Å². The van der Waals surface area contributed by atoms with Gasteiger partial charge in [0.1, 0.15) is 11.4 Å². The molecule has 2 aromatic carbocycles. The molecule has 4 rings (SSSR count). The summed E-state index contributed by atoms with van der Waals surface area (Å²) in [7, 11) is 1.52. The van der Waals surface area contributed by atoms with Gasteiger partial charge in [0.2, 0.25) is 0 Å². The molecule has 2 heterocycles. The Hall–Kier alpha value is -2.50. The Labute approximate surface area is 192 Å². The van der Waals surface area contributed by atoms with Crippen LogP contribution < -0.4 is 9.64 Å². The first-order valence-electron chi connectivity index (χ1n) is 10.3. The summed E-state index contributed by atoms with van der Waals surface area (Å²) in [4.78, 5) is 30.5. The first-order chi connectivity index (χ1) is 14.8. The number of imide groups is 1. The minimum absolute atomic E-state index is 0.335. The zero-order valence-corrected chi connectivity index (χ0v) is 19.2. The summed E-state index contributed by atoms with van der Waals surface area (Å²) in [5, 5.41) is 0.906. The Balaban J connectivity index is 1.82. The van der Waals surface area contributed by atoms with Gasteiger partial charge in [-0.15, -0.1) is 0 Å². The van der Waals surface area contributed by atoms with E-state index in [0.29, 0.717) is 50.2 Å². The van der Waals surface area contributed by atoms with Crippen LogP contribution >= 0.6 is 23.2 Å². The van der Waals surface area contributed by atoms with Crippen molar-refractivity contribution >= 4 is 46.3 Å². The van der Waals surface area contributed by atoms with Gasteiger partial charge in [0.25, 0.3) is 11.8 Å². The third kappa shape index (κ3) is 4.04. The summed E-state index contributed by atoms with van der Waals surface area (Å²) >= 11 is 12.3. The number of hydrogen-bond acceptors (Lipinski definition) is 4. The van der Waals surface area contributed by atoms with Crippen LogP contribution in [0, 0.1) is 11.8 Å². The van der Waals surface area contributed by atoms with Crippen LogP contribution in [0.25, 0.3) is 5.57 Å². The molecule has 31 heavy (non-hydrogen) atoms. The van der Waals surface area contributed by atoms with Crippen molar-refractivity contribution in [3.8, 4) is 5.75 Å². The van der Waals surface area contributed by atoms with Crippen molar-refractivity contribution in [3.05, 3.63) is 63.8 Å². The summed E-state index contributed by atoms with van der Waals surface area (Å²) in [6.07, 6.45) is 1.10. The maximum Gasteiger partial charge on any atom is 0.282 e. The number of likely N-dealkylation sites (tertiary alicyclic amines) is 1. The average molecular weight is 459 g/mol. The standard InChI is InChI=1S/C24H24Cl2N2O3/c1-14-10-15(2)13-27(12-14)22-21(16-4-6-17(25)7-5-16)23(29)28(24(22)30)18-8-9-20(31-3)19(26)11-18/h4-9,11,14-15H,10,12-13H2,1-3H3. The predicted molar refractivity (Wildman–Crippen MR) is 123 cm³/mol. The van der Waals surface area contributed by atoms with E-state index < -0.39 is 0 Å². The Morgan fingerprint density at radius 1 is 0.935 bits per heavy atom. The molecule has 0 N–H and O–H groups in total. The molecule has 2 unspecified atom stereocenters. The third-order valence-electron chi connectivity index (χ3n) is 5.77. The first-order valence-corrected chi connectivity index (χ1v) is 11.0. The fourth-order valence-corrected chi connectivity index (χ4v) is 4.94. The van der Waals surface area contributed by atoms with Crippen molar-refractivity contribution in [3.63, 3.8) is 0 Å². The number of anilines is 1. The largest absolute Gasteiger partial charge is 0.495 e. The zero-order valence-electron chi connectivity index (χ0n) is 17.7. The van der Waals surface area contributed by atoms with Gasteiger partial charge in [0.05, 0.1) is 23.4 Å². The van der Waals surface area contributed by atoms with Gasteiger partial charge < -0.3 is 9.64 Å². The highest BCUT2D eigenvalue weighted by molar-refractivity contribution is 6.45. The van der Waals surface area contributed by atoms with E-state index in [0.717, 1.165) is 19.5 Å². The molecule has 5 nitrogen and oxygen atoms in total. The molecular formula is C24H24Cl2N2O3. The van der Waals surface area contributed by atoms with Gasteiger partial charge in [-0.25, -0.2) is 4.90 Å². The van der Waals surface area contributed by atoms with Crippen LogP contribution in [0.2, 0.25) is 10.0 Å². The second kappa shape index (κ2) is 8.56. The fourth-order valence-electron chi connectivity index (χ4n) is 4.56. The van der Waals surface area contributed by atoms with Crippen molar-refractivity contribution in [1.82, 2.24) is 4.90 Å². The number of piperidine rings is 1. The van der Waals surface area contributed by atoms with Crippen LogP contribution in [-0.2, 0) is 9.59 Å². The lowest BCUT2D eigenvalue weighted by Crippen LogP contribution is -2.42. The second-order valence-corrected chi connectivity index (χ2v) is 9.19. The predicted octanol–water partition coefficient (Wildman–Crippen LogP) is 5.26.